The first-order chi connectivity index (χ1) is 11.9. The molecule has 0 spiro atoms. The number of amides is 2. The zero-order chi connectivity index (χ0) is 17.6. The second kappa shape index (κ2) is 6.15. The molecule has 4 heteroatoms. The van der Waals surface area contributed by atoms with Crippen LogP contribution < -0.4 is 10.6 Å². The van der Waals surface area contributed by atoms with Crippen LogP contribution in [-0.2, 0) is 9.59 Å². The van der Waals surface area contributed by atoms with Gasteiger partial charge in [-0.1, -0.05) is 12.1 Å². The number of carbonyl (C=O) groups excluding carboxylic acids is 2. The van der Waals surface area contributed by atoms with Gasteiger partial charge in [0.1, 0.15) is 0 Å². The fourth-order valence-corrected chi connectivity index (χ4v) is 5.80. The highest BCUT2D eigenvalue weighted by molar-refractivity contribution is 5.96. The van der Waals surface area contributed by atoms with Gasteiger partial charge in [-0.05, 0) is 87.3 Å². The van der Waals surface area contributed by atoms with Crippen molar-refractivity contribution in [3.8, 4) is 0 Å². The van der Waals surface area contributed by atoms with Crippen molar-refractivity contribution in [1.82, 2.24) is 5.32 Å². The summed E-state index contributed by atoms with van der Waals surface area (Å²) < 4.78 is 0. The predicted octanol–water partition coefficient (Wildman–Crippen LogP) is 3.57. The van der Waals surface area contributed by atoms with Gasteiger partial charge in [0.25, 0.3) is 0 Å². The highest BCUT2D eigenvalue weighted by Crippen LogP contribution is 2.60. The van der Waals surface area contributed by atoms with Crippen LogP contribution in [0.5, 0.6) is 0 Å². The Morgan fingerprint density at radius 2 is 1.64 bits per heavy atom. The molecule has 1 aromatic rings. The van der Waals surface area contributed by atoms with Gasteiger partial charge in [-0.15, -0.1) is 0 Å². The molecule has 4 bridgehead atoms. The molecule has 0 atom stereocenters. The van der Waals surface area contributed by atoms with Crippen LogP contribution in [0.15, 0.2) is 18.2 Å². The highest BCUT2D eigenvalue weighted by Gasteiger charge is 2.54. The third-order valence-corrected chi connectivity index (χ3v) is 6.60. The van der Waals surface area contributed by atoms with Gasteiger partial charge >= 0.3 is 0 Å². The van der Waals surface area contributed by atoms with Crippen molar-refractivity contribution < 1.29 is 9.59 Å². The van der Waals surface area contributed by atoms with Crippen LogP contribution in [0.4, 0.5) is 5.69 Å². The minimum absolute atomic E-state index is 0.0635. The van der Waals surface area contributed by atoms with E-state index < -0.39 is 0 Å². The summed E-state index contributed by atoms with van der Waals surface area (Å²) in [7, 11) is 0. The van der Waals surface area contributed by atoms with Gasteiger partial charge in [0.15, 0.2) is 0 Å². The van der Waals surface area contributed by atoms with Crippen molar-refractivity contribution in [2.75, 3.05) is 11.9 Å². The molecular weight excluding hydrogens is 312 g/mol. The van der Waals surface area contributed by atoms with Crippen molar-refractivity contribution in [2.45, 2.75) is 52.4 Å². The third-order valence-electron chi connectivity index (χ3n) is 6.60. The van der Waals surface area contributed by atoms with Crippen LogP contribution >= 0.6 is 0 Å². The van der Waals surface area contributed by atoms with Gasteiger partial charge in [-0.3, -0.25) is 9.59 Å². The van der Waals surface area contributed by atoms with Crippen molar-refractivity contribution in [3.63, 3.8) is 0 Å². The van der Waals surface area contributed by atoms with Gasteiger partial charge in [0.05, 0.1) is 6.54 Å². The Morgan fingerprint density at radius 3 is 2.24 bits per heavy atom. The van der Waals surface area contributed by atoms with E-state index in [2.05, 4.69) is 10.6 Å². The van der Waals surface area contributed by atoms with Crippen LogP contribution in [0.3, 0.4) is 0 Å². The van der Waals surface area contributed by atoms with E-state index in [0.717, 1.165) is 53.8 Å². The molecule has 4 saturated carbocycles. The molecule has 4 fully saturated rings. The Balaban J connectivity index is 1.36. The van der Waals surface area contributed by atoms with E-state index in [1.807, 2.05) is 32.0 Å². The molecule has 0 saturated heterocycles. The quantitative estimate of drug-likeness (QED) is 0.880. The zero-order valence-corrected chi connectivity index (χ0v) is 15.2. The number of hydrogen-bond acceptors (Lipinski definition) is 2. The molecular formula is C21H28N2O2. The van der Waals surface area contributed by atoms with Crippen molar-refractivity contribution in [2.24, 2.45) is 23.2 Å². The molecule has 2 N–H and O–H groups in total. The lowest BCUT2D eigenvalue weighted by Gasteiger charge is -2.55. The Labute approximate surface area is 149 Å². The maximum Gasteiger partial charge on any atom is 0.243 e. The molecule has 4 aliphatic rings. The van der Waals surface area contributed by atoms with E-state index in [1.165, 1.54) is 19.3 Å². The van der Waals surface area contributed by atoms with Gasteiger partial charge in [0.2, 0.25) is 11.8 Å². The standard InChI is InChI=1S/C21H28N2O2/c1-13-3-4-14(2)18(5-13)23-19(24)12-22-20(25)21-9-15-6-16(10-21)8-17(7-15)11-21/h3-5,15-17H,6-12H2,1-2H3,(H,22,25)(H,23,24). The Kier molecular flexibility index (Phi) is 4.09. The number of aryl methyl sites for hydroxylation is 2. The van der Waals surface area contributed by atoms with Crippen molar-refractivity contribution >= 4 is 17.5 Å². The number of rotatable bonds is 4. The molecule has 1 aromatic carbocycles. The number of hydrogen-bond donors (Lipinski definition) is 2. The molecule has 0 aromatic heterocycles. The van der Waals surface area contributed by atoms with Crippen LogP contribution in [-0.4, -0.2) is 18.4 Å². The normalized spacial score (nSPS) is 32.5. The average Bonchev–Trinajstić information content (AvgIpc) is 2.55. The minimum Gasteiger partial charge on any atom is -0.347 e. The fraction of sp³-hybridized carbons (Fsp3) is 0.619. The van der Waals surface area contributed by atoms with Crippen LogP contribution in [0, 0.1) is 37.0 Å². The topological polar surface area (TPSA) is 58.2 Å². The third kappa shape index (κ3) is 3.19. The Morgan fingerprint density at radius 1 is 1.04 bits per heavy atom. The average molecular weight is 340 g/mol. The highest BCUT2D eigenvalue weighted by atomic mass is 16.2. The largest absolute Gasteiger partial charge is 0.347 e. The maximum atomic E-state index is 12.9. The number of carbonyl (C=O) groups is 2. The summed E-state index contributed by atoms with van der Waals surface area (Å²) in [5.41, 5.74) is 2.78. The summed E-state index contributed by atoms with van der Waals surface area (Å²) in [6, 6.07) is 5.99. The first-order valence-corrected chi connectivity index (χ1v) is 9.59. The smallest absolute Gasteiger partial charge is 0.243 e. The van der Waals surface area contributed by atoms with Gasteiger partial charge in [0, 0.05) is 11.1 Å². The molecule has 2 amide bonds. The molecule has 4 aliphatic carbocycles. The number of benzene rings is 1. The van der Waals surface area contributed by atoms with E-state index in [9.17, 15) is 9.59 Å². The molecule has 0 unspecified atom stereocenters. The SMILES string of the molecule is Cc1ccc(C)c(NC(=O)CNC(=O)C23CC4CC(CC(C4)C2)C3)c1. The summed E-state index contributed by atoms with van der Waals surface area (Å²) >= 11 is 0. The Bertz CT molecular complexity index is 675. The molecule has 0 aliphatic heterocycles. The molecule has 25 heavy (non-hydrogen) atoms. The first-order valence-electron chi connectivity index (χ1n) is 9.59. The number of anilines is 1. The van der Waals surface area contributed by atoms with Crippen LogP contribution in [0.2, 0.25) is 0 Å². The van der Waals surface area contributed by atoms with E-state index in [-0.39, 0.29) is 23.8 Å². The summed E-state index contributed by atoms with van der Waals surface area (Å²) in [6.45, 7) is 4.04. The summed E-state index contributed by atoms with van der Waals surface area (Å²) in [5.74, 6) is 2.18. The van der Waals surface area contributed by atoms with Crippen molar-refractivity contribution in [1.29, 1.82) is 0 Å². The molecule has 0 heterocycles. The monoisotopic (exact) mass is 340 g/mol. The fourth-order valence-electron chi connectivity index (χ4n) is 5.80. The van der Waals surface area contributed by atoms with Gasteiger partial charge in [-0.25, -0.2) is 0 Å². The van der Waals surface area contributed by atoms with Crippen LogP contribution in [0.1, 0.15) is 49.7 Å². The maximum absolute atomic E-state index is 12.9. The van der Waals surface area contributed by atoms with E-state index >= 15 is 0 Å². The summed E-state index contributed by atoms with van der Waals surface area (Å²) in [4.78, 5) is 25.2. The number of nitrogens with one attached hydrogen (secondary N) is 2. The second-order valence-electron chi connectivity index (χ2n) is 8.75. The lowest BCUT2D eigenvalue weighted by atomic mass is 9.49. The van der Waals surface area contributed by atoms with E-state index in [0.29, 0.717) is 0 Å². The lowest BCUT2D eigenvalue weighted by Crippen LogP contribution is -2.54. The first kappa shape index (κ1) is 16.6. The molecule has 5 rings (SSSR count). The van der Waals surface area contributed by atoms with Gasteiger partial charge in [-0.2, -0.15) is 0 Å². The molecule has 134 valence electrons. The molecule has 4 nitrogen and oxygen atoms in total. The predicted molar refractivity (Wildman–Crippen MR) is 98.2 cm³/mol. The summed E-state index contributed by atoms with van der Waals surface area (Å²) in [6.07, 6.45) is 7.05. The van der Waals surface area contributed by atoms with Gasteiger partial charge < -0.3 is 10.6 Å². The van der Waals surface area contributed by atoms with Crippen molar-refractivity contribution in [3.05, 3.63) is 29.3 Å². The minimum atomic E-state index is -0.186. The Hall–Kier alpha value is -1.84. The summed E-state index contributed by atoms with van der Waals surface area (Å²) in [5, 5.41) is 5.87. The molecule has 0 radical (unpaired) electrons. The van der Waals surface area contributed by atoms with E-state index in [4.69, 9.17) is 0 Å². The lowest BCUT2D eigenvalue weighted by molar-refractivity contribution is -0.146. The van der Waals surface area contributed by atoms with E-state index in [1.54, 1.807) is 0 Å². The van der Waals surface area contributed by atoms with Crippen LogP contribution in [0.25, 0.3) is 0 Å². The second-order valence-corrected chi connectivity index (χ2v) is 8.75. The zero-order valence-electron chi connectivity index (χ0n) is 15.2.